The number of pyridine rings is 2. The lowest BCUT2D eigenvalue weighted by Gasteiger charge is -2.17. The van der Waals surface area contributed by atoms with Gasteiger partial charge >= 0.3 is 5.97 Å². The number of amides is 1. The number of hydrogen-bond acceptors (Lipinski definition) is 9. The van der Waals surface area contributed by atoms with E-state index in [9.17, 15) is 9.59 Å². The van der Waals surface area contributed by atoms with Crippen molar-refractivity contribution in [2.45, 2.75) is 51.9 Å². The highest BCUT2D eigenvalue weighted by molar-refractivity contribution is 6.39. The van der Waals surface area contributed by atoms with Crippen molar-refractivity contribution in [3.05, 3.63) is 80.9 Å². The molecule has 1 saturated heterocycles. The summed E-state index contributed by atoms with van der Waals surface area (Å²) in [7, 11) is 3.13. The van der Waals surface area contributed by atoms with Gasteiger partial charge in [0.2, 0.25) is 11.8 Å². The summed E-state index contributed by atoms with van der Waals surface area (Å²) in [5.74, 6) is 0.737. The van der Waals surface area contributed by atoms with E-state index in [1.807, 2.05) is 56.3 Å². The molecule has 1 aliphatic heterocycles. The van der Waals surface area contributed by atoms with Gasteiger partial charge in [-0.3, -0.25) is 14.6 Å². The molecule has 258 valence electrons. The van der Waals surface area contributed by atoms with Crippen molar-refractivity contribution >= 4 is 46.7 Å². The van der Waals surface area contributed by atoms with Crippen LogP contribution in [0.25, 0.3) is 33.6 Å². The van der Waals surface area contributed by atoms with Crippen molar-refractivity contribution in [1.29, 1.82) is 0 Å². The molecule has 4 aromatic rings. The molecule has 0 aliphatic carbocycles. The summed E-state index contributed by atoms with van der Waals surface area (Å²) in [6, 6.07) is 15.0. The van der Waals surface area contributed by atoms with Gasteiger partial charge in [0.25, 0.3) is 0 Å². The van der Waals surface area contributed by atoms with E-state index < -0.39 is 0 Å². The zero-order valence-corrected chi connectivity index (χ0v) is 29.9. The molecule has 1 amide bonds. The normalized spacial score (nSPS) is 14.2. The van der Waals surface area contributed by atoms with Crippen LogP contribution in [-0.2, 0) is 27.4 Å². The van der Waals surface area contributed by atoms with Gasteiger partial charge in [0, 0.05) is 71.7 Å². The van der Waals surface area contributed by atoms with Crippen LogP contribution in [-0.4, -0.2) is 61.3 Å². The minimum Gasteiger partial charge on any atom is -0.496 e. The van der Waals surface area contributed by atoms with Crippen LogP contribution in [0.3, 0.4) is 0 Å². The maximum Gasteiger partial charge on any atom is 0.320 e. The van der Waals surface area contributed by atoms with Crippen LogP contribution in [0.1, 0.15) is 37.8 Å². The molecule has 1 fully saturated rings. The van der Waals surface area contributed by atoms with E-state index >= 15 is 0 Å². The minimum absolute atomic E-state index is 0.0686. The molecule has 1 unspecified atom stereocenters. The first-order valence-corrected chi connectivity index (χ1v) is 17.0. The molecule has 10 nitrogen and oxygen atoms in total. The lowest BCUT2D eigenvalue weighted by Crippen LogP contribution is -2.35. The number of rotatable bonds is 14. The van der Waals surface area contributed by atoms with E-state index in [0.29, 0.717) is 86.4 Å². The van der Waals surface area contributed by atoms with E-state index in [2.05, 4.69) is 20.9 Å². The number of nitrogens with zero attached hydrogens (tertiary/aromatic N) is 2. The quantitative estimate of drug-likeness (QED) is 0.120. The first-order valence-electron chi connectivity index (χ1n) is 15.8. The number of halogens is 3. The monoisotopic (exact) mass is 725 g/mol. The highest BCUT2D eigenvalue weighted by Crippen LogP contribution is 2.43. The van der Waals surface area contributed by atoms with Gasteiger partial charge in [0.15, 0.2) is 0 Å². The maximum absolute atomic E-state index is 11.9. The second kappa shape index (κ2) is 16.7. The Morgan fingerprint density at radius 2 is 1.76 bits per heavy atom. The molecule has 0 saturated carbocycles. The average Bonchev–Trinajstić information content (AvgIpc) is 3.50. The number of nitrogens with one attached hydrogen (secondary N) is 3. The molecule has 2 aromatic heterocycles. The molecule has 2 aromatic carbocycles. The number of esters is 1. The highest BCUT2D eigenvalue weighted by atomic mass is 35.5. The van der Waals surface area contributed by atoms with Crippen molar-refractivity contribution in [2.24, 2.45) is 0 Å². The molecular weight excluding hydrogens is 689 g/mol. The summed E-state index contributed by atoms with van der Waals surface area (Å²) in [4.78, 5) is 32.8. The van der Waals surface area contributed by atoms with Crippen LogP contribution >= 0.6 is 34.8 Å². The number of aromatic nitrogens is 2. The van der Waals surface area contributed by atoms with E-state index in [1.54, 1.807) is 26.5 Å². The number of carbonyl (C=O) groups excluding carboxylic acids is 2. The maximum atomic E-state index is 11.9. The second-order valence-corrected chi connectivity index (χ2v) is 12.9. The molecule has 13 heteroatoms. The van der Waals surface area contributed by atoms with Gasteiger partial charge in [0.05, 0.1) is 53.3 Å². The van der Waals surface area contributed by atoms with Crippen LogP contribution in [0.15, 0.2) is 54.7 Å². The third kappa shape index (κ3) is 8.81. The molecule has 1 atom stereocenters. The van der Waals surface area contributed by atoms with Crippen LogP contribution < -0.4 is 25.4 Å². The first kappa shape index (κ1) is 36.4. The Labute approximate surface area is 300 Å². The van der Waals surface area contributed by atoms with Crippen molar-refractivity contribution < 1.29 is 23.8 Å². The number of carbonyl (C=O) groups is 2. The molecule has 49 heavy (non-hydrogen) atoms. The lowest BCUT2D eigenvalue weighted by atomic mass is 9.99. The Balaban J connectivity index is 1.38. The average molecular weight is 727 g/mol. The third-order valence-corrected chi connectivity index (χ3v) is 9.10. The number of benzene rings is 2. The van der Waals surface area contributed by atoms with Crippen molar-refractivity contribution in [3.8, 4) is 45.3 Å². The van der Waals surface area contributed by atoms with Gasteiger partial charge in [-0.1, -0.05) is 65.1 Å². The number of hydrogen-bond donors (Lipinski definition) is 3. The van der Waals surface area contributed by atoms with Crippen molar-refractivity contribution in [2.75, 3.05) is 27.3 Å². The molecule has 3 N–H and O–H groups in total. The zero-order valence-electron chi connectivity index (χ0n) is 27.7. The Hall–Kier alpha value is -3.93. The summed E-state index contributed by atoms with van der Waals surface area (Å²) in [6.45, 7) is 5.13. The minimum atomic E-state index is -0.323. The number of methoxy groups -OCH3 is 2. The van der Waals surface area contributed by atoms with Crippen LogP contribution in [0.4, 0.5) is 0 Å². The zero-order chi connectivity index (χ0) is 35.1. The SMILES string of the molecule is COc1cc(-c2nccc(-c3cccc(-c4cc(Cl)c(CNCC5CCC(=O)N5)c(OC)n4)c3Cl)c2Cl)ccc1CNCC(=O)OC(C)C. The fourth-order valence-electron chi connectivity index (χ4n) is 5.62. The molecule has 0 spiro atoms. The fraction of sp³-hybridized carbons (Fsp3) is 0.333. The Bertz CT molecular complexity index is 1840. The first-order chi connectivity index (χ1) is 23.6. The van der Waals surface area contributed by atoms with E-state index in [1.165, 1.54) is 0 Å². The molecule has 3 heterocycles. The largest absolute Gasteiger partial charge is 0.496 e. The summed E-state index contributed by atoms with van der Waals surface area (Å²) >= 11 is 20.9. The summed E-state index contributed by atoms with van der Waals surface area (Å²) < 4.78 is 16.5. The van der Waals surface area contributed by atoms with E-state index in [0.717, 1.165) is 17.5 Å². The molecule has 5 rings (SSSR count). The third-order valence-electron chi connectivity index (χ3n) is 7.97. The predicted octanol–water partition coefficient (Wildman–Crippen LogP) is 6.86. The highest BCUT2D eigenvalue weighted by Gasteiger charge is 2.22. The number of ether oxygens (including phenoxy) is 3. The molecular formula is C36H38Cl3N5O5. The van der Waals surface area contributed by atoms with Gasteiger partial charge in [-0.05, 0) is 38.5 Å². The van der Waals surface area contributed by atoms with Crippen LogP contribution in [0.2, 0.25) is 15.1 Å². The lowest BCUT2D eigenvalue weighted by molar-refractivity contribution is -0.146. The summed E-state index contributed by atoms with van der Waals surface area (Å²) in [5.41, 5.74) is 5.43. The smallest absolute Gasteiger partial charge is 0.320 e. The summed E-state index contributed by atoms with van der Waals surface area (Å²) in [6.07, 6.45) is 2.84. The van der Waals surface area contributed by atoms with Crippen LogP contribution in [0.5, 0.6) is 11.6 Å². The fourth-order valence-corrected chi connectivity index (χ4v) is 6.52. The van der Waals surface area contributed by atoms with Crippen molar-refractivity contribution in [1.82, 2.24) is 25.9 Å². The van der Waals surface area contributed by atoms with Gasteiger partial charge in [-0.25, -0.2) is 4.98 Å². The van der Waals surface area contributed by atoms with Gasteiger partial charge in [0.1, 0.15) is 5.75 Å². The summed E-state index contributed by atoms with van der Waals surface area (Å²) in [5, 5.41) is 10.7. The molecule has 1 aliphatic rings. The molecule has 0 radical (unpaired) electrons. The Morgan fingerprint density at radius 1 is 0.980 bits per heavy atom. The standard InChI is InChI=1S/C36H38Cl3N5O5/c1-20(2)49-32(46)19-40-16-22-9-8-21(14-30(22)47-3)35-34(39)25(12-13-42-35)24-6-5-7-26(33(24)38)29-15-28(37)27(36(44-29)48-4)18-41-17-23-10-11-31(45)43-23/h5-9,12-15,20,23,40-41H,10-11,16-19H2,1-4H3,(H,43,45). The Kier molecular flexibility index (Phi) is 12.4. The predicted molar refractivity (Wildman–Crippen MR) is 192 cm³/mol. The van der Waals surface area contributed by atoms with Crippen LogP contribution in [0, 0.1) is 0 Å². The van der Waals surface area contributed by atoms with Gasteiger partial charge in [-0.2, -0.15) is 0 Å². The van der Waals surface area contributed by atoms with Crippen molar-refractivity contribution in [3.63, 3.8) is 0 Å². The van der Waals surface area contributed by atoms with E-state index in [4.69, 9.17) is 54.0 Å². The topological polar surface area (TPSA) is 124 Å². The second-order valence-electron chi connectivity index (χ2n) is 11.8. The van der Waals surface area contributed by atoms with Gasteiger partial charge in [-0.15, -0.1) is 0 Å². The van der Waals surface area contributed by atoms with E-state index in [-0.39, 0.29) is 30.6 Å². The molecule has 0 bridgehead atoms. The van der Waals surface area contributed by atoms with Gasteiger partial charge < -0.3 is 30.2 Å². The Morgan fingerprint density at radius 3 is 2.47 bits per heavy atom.